The molecule has 0 spiro atoms. The number of carbonyl (C=O) groups excluding carboxylic acids is 1. The SMILES string of the molecule is O=C(c1ccc2c(c1)OCO2)N1CC(c2nc(-c3ccccn3)no2)C1. The molecule has 5 rings (SSSR count). The van der Waals surface area contributed by atoms with Crippen LogP contribution in [0.4, 0.5) is 0 Å². The van der Waals surface area contributed by atoms with E-state index < -0.39 is 0 Å². The smallest absolute Gasteiger partial charge is 0.254 e. The predicted octanol–water partition coefficient (Wildman–Crippen LogP) is 2.10. The van der Waals surface area contributed by atoms with E-state index >= 15 is 0 Å². The molecule has 0 unspecified atom stereocenters. The number of hydrogen-bond acceptors (Lipinski definition) is 7. The molecule has 0 bridgehead atoms. The van der Waals surface area contributed by atoms with E-state index in [-0.39, 0.29) is 18.6 Å². The normalized spacial score (nSPS) is 15.8. The highest BCUT2D eigenvalue weighted by atomic mass is 16.7. The quantitative estimate of drug-likeness (QED) is 0.714. The van der Waals surface area contributed by atoms with Gasteiger partial charge in [0, 0.05) is 24.8 Å². The summed E-state index contributed by atoms with van der Waals surface area (Å²) in [6.07, 6.45) is 1.68. The van der Waals surface area contributed by atoms with Gasteiger partial charge >= 0.3 is 0 Å². The lowest BCUT2D eigenvalue weighted by Crippen LogP contribution is -2.48. The number of rotatable bonds is 3. The topological polar surface area (TPSA) is 90.6 Å². The summed E-state index contributed by atoms with van der Waals surface area (Å²) < 4.78 is 15.9. The van der Waals surface area contributed by atoms with Gasteiger partial charge in [0.25, 0.3) is 5.91 Å². The van der Waals surface area contributed by atoms with E-state index in [0.717, 1.165) is 0 Å². The number of hydrogen-bond donors (Lipinski definition) is 0. The summed E-state index contributed by atoms with van der Waals surface area (Å²) in [6.45, 7) is 1.27. The fourth-order valence-electron chi connectivity index (χ4n) is 3.01. The molecule has 0 atom stereocenters. The molecule has 26 heavy (non-hydrogen) atoms. The maximum atomic E-state index is 12.6. The molecule has 0 saturated carbocycles. The summed E-state index contributed by atoms with van der Waals surface area (Å²) in [5.41, 5.74) is 1.24. The highest BCUT2D eigenvalue weighted by molar-refractivity contribution is 5.95. The minimum absolute atomic E-state index is 0.0397. The Kier molecular flexibility index (Phi) is 3.34. The molecule has 1 amide bonds. The molecule has 3 aromatic rings. The van der Waals surface area contributed by atoms with E-state index in [1.807, 2.05) is 18.2 Å². The van der Waals surface area contributed by atoms with E-state index in [0.29, 0.717) is 47.6 Å². The first-order valence-corrected chi connectivity index (χ1v) is 8.22. The summed E-state index contributed by atoms with van der Waals surface area (Å²) >= 11 is 0. The molecule has 1 saturated heterocycles. The zero-order valence-electron chi connectivity index (χ0n) is 13.7. The van der Waals surface area contributed by atoms with Crippen molar-refractivity contribution in [2.24, 2.45) is 0 Å². The van der Waals surface area contributed by atoms with Gasteiger partial charge in [0.15, 0.2) is 11.5 Å². The van der Waals surface area contributed by atoms with Crippen molar-refractivity contribution in [3.63, 3.8) is 0 Å². The van der Waals surface area contributed by atoms with Gasteiger partial charge in [0.05, 0.1) is 5.92 Å². The molecule has 1 fully saturated rings. The molecule has 2 aliphatic rings. The lowest BCUT2D eigenvalue weighted by atomic mass is 9.98. The lowest BCUT2D eigenvalue weighted by molar-refractivity contribution is 0.0569. The van der Waals surface area contributed by atoms with Crippen molar-refractivity contribution in [1.29, 1.82) is 0 Å². The Morgan fingerprint density at radius 1 is 1.12 bits per heavy atom. The molecular formula is C18H14N4O4. The van der Waals surface area contributed by atoms with Gasteiger partial charge in [0.2, 0.25) is 18.5 Å². The Hall–Kier alpha value is -3.42. The van der Waals surface area contributed by atoms with Gasteiger partial charge in [-0.25, -0.2) is 0 Å². The molecule has 0 radical (unpaired) electrons. The second kappa shape index (κ2) is 5.83. The lowest BCUT2D eigenvalue weighted by Gasteiger charge is -2.37. The first-order chi connectivity index (χ1) is 12.8. The first kappa shape index (κ1) is 14.9. The highest BCUT2D eigenvalue weighted by Gasteiger charge is 2.36. The zero-order valence-corrected chi connectivity index (χ0v) is 13.7. The Morgan fingerprint density at radius 3 is 2.85 bits per heavy atom. The molecule has 130 valence electrons. The first-order valence-electron chi connectivity index (χ1n) is 8.22. The van der Waals surface area contributed by atoms with Crippen LogP contribution in [0.15, 0.2) is 47.1 Å². The summed E-state index contributed by atoms with van der Waals surface area (Å²) in [7, 11) is 0. The molecule has 1 aromatic carbocycles. The number of amides is 1. The van der Waals surface area contributed by atoms with Crippen LogP contribution < -0.4 is 9.47 Å². The molecular weight excluding hydrogens is 336 g/mol. The van der Waals surface area contributed by atoms with Crippen molar-refractivity contribution in [1.82, 2.24) is 20.0 Å². The largest absolute Gasteiger partial charge is 0.454 e. The molecule has 8 heteroatoms. The number of aromatic nitrogens is 3. The van der Waals surface area contributed by atoms with Crippen LogP contribution in [0, 0.1) is 0 Å². The van der Waals surface area contributed by atoms with Crippen LogP contribution in [-0.2, 0) is 0 Å². The third-order valence-corrected chi connectivity index (χ3v) is 4.47. The number of pyridine rings is 1. The number of benzene rings is 1. The maximum absolute atomic E-state index is 12.6. The fraction of sp³-hybridized carbons (Fsp3) is 0.222. The van der Waals surface area contributed by atoms with Crippen molar-refractivity contribution in [3.05, 3.63) is 54.0 Å². The van der Waals surface area contributed by atoms with E-state index in [1.165, 1.54) is 0 Å². The van der Waals surface area contributed by atoms with Crippen LogP contribution in [-0.4, -0.2) is 45.8 Å². The Labute approximate surface area is 148 Å². The van der Waals surface area contributed by atoms with Crippen molar-refractivity contribution in [2.45, 2.75) is 5.92 Å². The van der Waals surface area contributed by atoms with Crippen molar-refractivity contribution in [2.75, 3.05) is 19.9 Å². The van der Waals surface area contributed by atoms with Gasteiger partial charge in [-0.2, -0.15) is 4.98 Å². The Balaban J connectivity index is 1.26. The summed E-state index contributed by atoms with van der Waals surface area (Å²) in [5, 5.41) is 3.97. The maximum Gasteiger partial charge on any atom is 0.254 e. The second-order valence-corrected chi connectivity index (χ2v) is 6.15. The van der Waals surface area contributed by atoms with E-state index in [9.17, 15) is 4.79 Å². The Bertz CT molecular complexity index is 966. The van der Waals surface area contributed by atoms with Crippen LogP contribution in [0.1, 0.15) is 22.2 Å². The van der Waals surface area contributed by atoms with E-state index in [4.69, 9.17) is 14.0 Å². The van der Waals surface area contributed by atoms with Gasteiger partial charge in [-0.3, -0.25) is 9.78 Å². The minimum atomic E-state index is -0.0518. The van der Waals surface area contributed by atoms with Gasteiger partial charge in [0.1, 0.15) is 5.69 Å². The van der Waals surface area contributed by atoms with Crippen LogP contribution in [0.25, 0.3) is 11.5 Å². The summed E-state index contributed by atoms with van der Waals surface area (Å²) in [4.78, 5) is 22.9. The minimum Gasteiger partial charge on any atom is -0.454 e. The predicted molar refractivity (Wildman–Crippen MR) is 88.7 cm³/mol. The highest BCUT2D eigenvalue weighted by Crippen LogP contribution is 2.34. The fourth-order valence-corrected chi connectivity index (χ4v) is 3.01. The van der Waals surface area contributed by atoms with Crippen LogP contribution >= 0.6 is 0 Å². The van der Waals surface area contributed by atoms with E-state index in [2.05, 4.69) is 15.1 Å². The molecule has 8 nitrogen and oxygen atoms in total. The van der Waals surface area contributed by atoms with Crippen LogP contribution in [0.5, 0.6) is 11.5 Å². The van der Waals surface area contributed by atoms with Crippen LogP contribution in [0.3, 0.4) is 0 Å². The molecule has 2 aliphatic heterocycles. The molecule has 0 aliphatic carbocycles. The number of carbonyl (C=O) groups is 1. The number of ether oxygens (including phenoxy) is 2. The molecule has 4 heterocycles. The number of likely N-dealkylation sites (tertiary alicyclic amines) is 1. The third-order valence-electron chi connectivity index (χ3n) is 4.47. The van der Waals surface area contributed by atoms with Gasteiger partial charge in [-0.1, -0.05) is 11.2 Å². The number of fused-ring (bicyclic) bond motifs is 1. The third kappa shape index (κ3) is 2.46. The monoisotopic (exact) mass is 350 g/mol. The standard InChI is InChI=1S/C18H14N4O4/c23-18(11-4-5-14-15(7-11)25-10-24-14)22-8-12(9-22)17-20-16(21-26-17)13-3-1-2-6-19-13/h1-7,12H,8-10H2. The summed E-state index contributed by atoms with van der Waals surface area (Å²) in [6, 6.07) is 10.7. The summed E-state index contributed by atoms with van der Waals surface area (Å²) in [5.74, 6) is 2.24. The second-order valence-electron chi connectivity index (χ2n) is 6.15. The number of nitrogens with zero attached hydrogens (tertiary/aromatic N) is 4. The molecule has 0 N–H and O–H groups in total. The molecule has 2 aromatic heterocycles. The Morgan fingerprint density at radius 2 is 2.00 bits per heavy atom. The van der Waals surface area contributed by atoms with Crippen molar-refractivity contribution in [3.8, 4) is 23.0 Å². The average molecular weight is 350 g/mol. The van der Waals surface area contributed by atoms with E-state index in [1.54, 1.807) is 29.3 Å². The van der Waals surface area contributed by atoms with Gasteiger partial charge in [-0.15, -0.1) is 0 Å². The van der Waals surface area contributed by atoms with Crippen molar-refractivity contribution < 1.29 is 18.8 Å². The zero-order chi connectivity index (χ0) is 17.5. The van der Waals surface area contributed by atoms with Crippen molar-refractivity contribution >= 4 is 5.91 Å². The average Bonchev–Trinajstić information content (AvgIpc) is 3.30. The van der Waals surface area contributed by atoms with Crippen LogP contribution in [0.2, 0.25) is 0 Å². The van der Waals surface area contributed by atoms with Gasteiger partial charge < -0.3 is 18.9 Å². The van der Waals surface area contributed by atoms with Gasteiger partial charge in [-0.05, 0) is 30.3 Å².